The van der Waals surface area contributed by atoms with Crippen molar-refractivity contribution >= 4 is 21.8 Å². The number of halogens is 1. The van der Waals surface area contributed by atoms with Crippen LogP contribution in [0.5, 0.6) is 5.75 Å². The molecule has 1 aliphatic rings. The number of carbonyl (C=O) groups is 1. The fraction of sp³-hybridized carbons (Fsp3) is 0.533. The standard InChI is InChI=1S/C15H20BrNO2/c1-11-4-3-5-12(2)17(11)15(18)10-19-14-8-6-13(16)7-9-14/h6-9,11-12H,3-5,10H2,1-2H3. The predicted molar refractivity (Wildman–Crippen MR) is 79.3 cm³/mol. The minimum Gasteiger partial charge on any atom is -0.484 e. The monoisotopic (exact) mass is 325 g/mol. The van der Waals surface area contributed by atoms with Crippen LogP contribution in [0.3, 0.4) is 0 Å². The maximum Gasteiger partial charge on any atom is 0.260 e. The van der Waals surface area contributed by atoms with Gasteiger partial charge in [-0.15, -0.1) is 0 Å². The van der Waals surface area contributed by atoms with Gasteiger partial charge >= 0.3 is 0 Å². The second kappa shape index (κ2) is 6.42. The minimum absolute atomic E-state index is 0.0858. The highest BCUT2D eigenvalue weighted by molar-refractivity contribution is 9.10. The summed E-state index contributed by atoms with van der Waals surface area (Å²) in [5.41, 5.74) is 0. The Kier molecular flexibility index (Phi) is 4.86. The molecular formula is C15H20BrNO2. The van der Waals surface area contributed by atoms with Crippen LogP contribution >= 0.6 is 15.9 Å². The van der Waals surface area contributed by atoms with Gasteiger partial charge in [0.2, 0.25) is 0 Å². The van der Waals surface area contributed by atoms with E-state index in [0.717, 1.165) is 23.1 Å². The average molecular weight is 326 g/mol. The fourth-order valence-electron chi connectivity index (χ4n) is 2.66. The zero-order valence-corrected chi connectivity index (χ0v) is 13.0. The molecule has 1 aromatic rings. The molecule has 4 heteroatoms. The summed E-state index contributed by atoms with van der Waals surface area (Å²) < 4.78 is 6.56. The van der Waals surface area contributed by atoms with E-state index in [1.54, 1.807) is 0 Å². The third-order valence-corrected chi connectivity index (χ3v) is 4.19. The van der Waals surface area contributed by atoms with Crippen LogP contribution in [0.1, 0.15) is 33.1 Å². The molecule has 2 atom stereocenters. The minimum atomic E-state index is 0.0858. The van der Waals surface area contributed by atoms with Crippen molar-refractivity contribution in [3.8, 4) is 5.75 Å². The van der Waals surface area contributed by atoms with Crippen LogP contribution in [-0.2, 0) is 4.79 Å². The number of hydrogen-bond acceptors (Lipinski definition) is 2. The van der Waals surface area contributed by atoms with Crippen LogP contribution in [0.25, 0.3) is 0 Å². The van der Waals surface area contributed by atoms with Crippen LogP contribution in [0.4, 0.5) is 0 Å². The lowest BCUT2D eigenvalue weighted by atomic mass is 9.97. The van der Waals surface area contributed by atoms with E-state index in [9.17, 15) is 4.79 Å². The molecule has 1 fully saturated rings. The van der Waals surface area contributed by atoms with Crippen molar-refractivity contribution in [2.75, 3.05) is 6.61 Å². The maximum atomic E-state index is 12.3. The van der Waals surface area contributed by atoms with Crippen LogP contribution in [0.2, 0.25) is 0 Å². The number of benzene rings is 1. The Balaban J connectivity index is 1.91. The summed E-state index contributed by atoms with van der Waals surface area (Å²) in [6.07, 6.45) is 3.39. The lowest BCUT2D eigenvalue weighted by molar-refractivity contribution is -0.139. The lowest BCUT2D eigenvalue weighted by Gasteiger charge is -2.38. The molecule has 1 saturated heterocycles. The summed E-state index contributed by atoms with van der Waals surface area (Å²) in [6, 6.07) is 8.19. The first-order chi connectivity index (χ1) is 9.08. The number of carbonyl (C=O) groups excluding carboxylic acids is 1. The van der Waals surface area contributed by atoms with Gasteiger partial charge in [0.25, 0.3) is 5.91 Å². The average Bonchev–Trinajstić information content (AvgIpc) is 2.38. The van der Waals surface area contributed by atoms with Crippen molar-refractivity contribution in [1.29, 1.82) is 0 Å². The molecule has 0 radical (unpaired) electrons. The van der Waals surface area contributed by atoms with Crippen molar-refractivity contribution in [2.45, 2.75) is 45.2 Å². The molecular weight excluding hydrogens is 306 g/mol. The van der Waals surface area contributed by atoms with E-state index in [0.29, 0.717) is 12.1 Å². The van der Waals surface area contributed by atoms with E-state index < -0.39 is 0 Å². The summed E-state index contributed by atoms with van der Waals surface area (Å²) >= 11 is 3.37. The Hall–Kier alpha value is -1.03. The number of nitrogens with zero attached hydrogens (tertiary/aromatic N) is 1. The second-order valence-corrected chi connectivity index (χ2v) is 6.09. The number of hydrogen-bond donors (Lipinski definition) is 0. The molecule has 104 valence electrons. The molecule has 0 bridgehead atoms. The normalized spacial score (nSPS) is 23.2. The van der Waals surface area contributed by atoms with Gasteiger partial charge in [0.05, 0.1) is 0 Å². The summed E-state index contributed by atoms with van der Waals surface area (Å²) in [5.74, 6) is 0.816. The highest BCUT2D eigenvalue weighted by atomic mass is 79.9. The topological polar surface area (TPSA) is 29.5 Å². The number of amides is 1. The van der Waals surface area contributed by atoms with Gasteiger partial charge in [-0.05, 0) is 57.4 Å². The zero-order valence-electron chi connectivity index (χ0n) is 11.4. The molecule has 1 heterocycles. The van der Waals surface area contributed by atoms with E-state index >= 15 is 0 Å². The Labute approximate surface area is 123 Å². The van der Waals surface area contributed by atoms with Gasteiger partial charge < -0.3 is 9.64 Å². The van der Waals surface area contributed by atoms with Crippen molar-refractivity contribution < 1.29 is 9.53 Å². The van der Waals surface area contributed by atoms with Crippen LogP contribution in [0, 0.1) is 0 Å². The summed E-state index contributed by atoms with van der Waals surface area (Å²) in [5, 5.41) is 0. The Morgan fingerprint density at radius 3 is 2.42 bits per heavy atom. The molecule has 0 saturated carbocycles. The van der Waals surface area contributed by atoms with Crippen molar-refractivity contribution in [3.63, 3.8) is 0 Å². The van der Waals surface area contributed by atoms with Gasteiger partial charge in [0.1, 0.15) is 5.75 Å². The summed E-state index contributed by atoms with van der Waals surface area (Å²) in [7, 11) is 0. The van der Waals surface area contributed by atoms with Crippen LogP contribution < -0.4 is 4.74 Å². The quantitative estimate of drug-likeness (QED) is 0.849. The first-order valence-corrected chi connectivity index (χ1v) is 7.57. The number of ether oxygens (including phenoxy) is 1. The van der Waals surface area contributed by atoms with Gasteiger partial charge in [0.15, 0.2) is 6.61 Å². The molecule has 3 nitrogen and oxygen atoms in total. The largest absolute Gasteiger partial charge is 0.484 e. The maximum absolute atomic E-state index is 12.3. The molecule has 1 aromatic carbocycles. The molecule has 19 heavy (non-hydrogen) atoms. The van der Waals surface area contributed by atoms with Gasteiger partial charge in [-0.1, -0.05) is 15.9 Å². The van der Waals surface area contributed by atoms with E-state index in [4.69, 9.17) is 4.74 Å². The SMILES string of the molecule is CC1CCCC(C)N1C(=O)COc1ccc(Br)cc1. The van der Waals surface area contributed by atoms with E-state index in [2.05, 4.69) is 29.8 Å². The van der Waals surface area contributed by atoms with Crippen LogP contribution in [0.15, 0.2) is 28.7 Å². The highest BCUT2D eigenvalue weighted by Gasteiger charge is 2.28. The smallest absolute Gasteiger partial charge is 0.260 e. The fourth-order valence-corrected chi connectivity index (χ4v) is 2.93. The summed E-state index contributed by atoms with van der Waals surface area (Å²) in [4.78, 5) is 14.2. The van der Waals surface area contributed by atoms with Crippen molar-refractivity contribution in [1.82, 2.24) is 4.90 Å². The zero-order chi connectivity index (χ0) is 13.8. The molecule has 2 unspecified atom stereocenters. The second-order valence-electron chi connectivity index (χ2n) is 5.17. The first kappa shape index (κ1) is 14.4. The third-order valence-electron chi connectivity index (χ3n) is 3.66. The molecule has 2 rings (SSSR count). The van der Waals surface area contributed by atoms with Gasteiger partial charge in [-0.2, -0.15) is 0 Å². The Bertz CT molecular complexity index is 422. The van der Waals surface area contributed by atoms with Gasteiger partial charge in [-0.3, -0.25) is 4.79 Å². The summed E-state index contributed by atoms with van der Waals surface area (Å²) in [6.45, 7) is 4.36. The van der Waals surface area contributed by atoms with Crippen LogP contribution in [-0.4, -0.2) is 29.5 Å². The van der Waals surface area contributed by atoms with Crippen molar-refractivity contribution in [3.05, 3.63) is 28.7 Å². The molecule has 0 aromatic heterocycles. The van der Waals surface area contributed by atoms with E-state index in [1.165, 1.54) is 6.42 Å². The predicted octanol–water partition coefficient (Wildman–Crippen LogP) is 3.62. The Morgan fingerprint density at radius 1 is 1.26 bits per heavy atom. The van der Waals surface area contributed by atoms with Gasteiger partial charge in [0, 0.05) is 16.6 Å². The number of piperidine rings is 1. The van der Waals surface area contributed by atoms with E-state index in [-0.39, 0.29) is 12.5 Å². The van der Waals surface area contributed by atoms with Crippen molar-refractivity contribution in [2.24, 2.45) is 0 Å². The molecule has 1 aliphatic heterocycles. The molecule has 1 amide bonds. The highest BCUT2D eigenvalue weighted by Crippen LogP contribution is 2.23. The van der Waals surface area contributed by atoms with E-state index in [1.807, 2.05) is 29.2 Å². The third kappa shape index (κ3) is 3.72. The number of likely N-dealkylation sites (tertiary alicyclic amines) is 1. The first-order valence-electron chi connectivity index (χ1n) is 6.77. The number of rotatable bonds is 3. The van der Waals surface area contributed by atoms with Gasteiger partial charge in [-0.25, -0.2) is 0 Å². The molecule has 0 spiro atoms. The lowest BCUT2D eigenvalue weighted by Crippen LogP contribution is -2.49. The molecule has 0 aliphatic carbocycles. The molecule has 0 N–H and O–H groups in total. The Morgan fingerprint density at radius 2 is 1.84 bits per heavy atom.